The Morgan fingerprint density at radius 3 is 2.79 bits per heavy atom. The van der Waals surface area contributed by atoms with Gasteiger partial charge in [0.15, 0.2) is 0 Å². The van der Waals surface area contributed by atoms with Crippen LogP contribution in [0.4, 0.5) is 4.39 Å². The number of benzene rings is 1. The highest BCUT2D eigenvalue weighted by molar-refractivity contribution is 9.10. The quantitative estimate of drug-likeness (QED) is 0.840. The minimum Gasteiger partial charge on any atom is -0.316 e. The Morgan fingerprint density at radius 2 is 2.11 bits per heavy atom. The predicted molar refractivity (Wildman–Crippen MR) is 82.6 cm³/mol. The number of likely N-dealkylation sites (N-methyl/N-ethyl adjacent to an activating group) is 1. The molecule has 1 fully saturated rings. The van der Waals surface area contributed by atoms with Crippen molar-refractivity contribution in [1.82, 2.24) is 5.32 Å². The van der Waals surface area contributed by atoms with Crippen LogP contribution < -0.4 is 5.32 Å². The second kappa shape index (κ2) is 7.20. The van der Waals surface area contributed by atoms with Crippen molar-refractivity contribution in [3.8, 4) is 0 Å². The Morgan fingerprint density at radius 1 is 1.37 bits per heavy atom. The minimum atomic E-state index is -0.179. The summed E-state index contributed by atoms with van der Waals surface area (Å²) in [5.74, 6) is 0.471. The Hall–Kier alpha value is -0.670. The lowest BCUT2D eigenvalue weighted by atomic mass is 9.83. The molecule has 0 saturated heterocycles. The van der Waals surface area contributed by atoms with Crippen LogP contribution in [0.15, 0.2) is 28.2 Å². The van der Waals surface area contributed by atoms with Crippen LogP contribution in [0.3, 0.4) is 0 Å². The van der Waals surface area contributed by atoms with E-state index in [0.717, 1.165) is 16.6 Å². The van der Waals surface area contributed by atoms with Crippen molar-refractivity contribution < 1.29 is 4.39 Å². The maximum absolute atomic E-state index is 13.4. The molecule has 19 heavy (non-hydrogen) atoms. The maximum Gasteiger partial charge on any atom is 0.123 e. The van der Waals surface area contributed by atoms with Crippen molar-refractivity contribution in [2.75, 3.05) is 13.6 Å². The molecular formula is C16H21BrFN. The highest BCUT2D eigenvalue weighted by Crippen LogP contribution is 2.31. The standard InChI is InChI=1S/C16H21BrFN/c1-19-11-14(12-5-3-2-4-6-12)9-13-10-15(18)7-8-16(13)17/h7-10,12,19H,2-6,11H2,1H3/b14-9-. The summed E-state index contributed by atoms with van der Waals surface area (Å²) in [5, 5.41) is 3.24. The van der Waals surface area contributed by atoms with Gasteiger partial charge in [-0.2, -0.15) is 0 Å². The largest absolute Gasteiger partial charge is 0.316 e. The van der Waals surface area contributed by atoms with E-state index >= 15 is 0 Å². The van der Waals surface area contributed by atoms with E-state index in [1.54, 1.807) is 12.1 Å². The van der Waals surface area contributed by atoms with Gasteiger partial charge in [0.25, 0.3) is 0 Å². The molecular weight excluding hydrogens is 305 g/mol. The topological polar surface area (TPSA) is 12.0 Å². The normalized spacial score (nSPS) is 17.7. The van der Waals surface area contributed by atoms with Crippen LogP contribution in [0.25, 0.3) is 6.08 Å². The third kappa shape index (κ3) is 4.15. The molecule has 1 aliphatic rings. The molecule has 1 nitrogen and oxygen atoms in total. The first-order valence-electron chi connectivity index (χ1n) is 7.01. The summed E-state index contributed by atoms with van der Waals surface area (Å²) in [4.78, 5) is 0. The zero-order valence-corrected chi connectivity index (χ0v) is 13.0. The summed E-state index contributed by atoms with van der Waals surface area (Å²) in [6, 6.07) is 4.86. The molecule has 0 aromatic heterocycles. The van der Waals surface area contributed by atoms with Crippen molar-refractivity contribution in [2.24, 2.45) is 5.92 Å². The van der Waals surface area contributed by atoms with Gasteiger partial charge in [-0.05, 0) is 49.6 Å². The lowest BCUT2D eigenvalue weighted by molar-refractivity contribution is 0.398. The van der Waals surface area contributed by atoms with Crippen LogP contribution in [0.5, 0.6) is 0 Å². The molecule has 3 heteroatoms. The van der Waals surface area contributed by atoms with Crippen molar-refractivity contribution in [2.45, 2.75) is 32.1 Å². The molecule has 104 valence electrons. The average Bonchev–Trinajstić information content (AvgIpc) is 2.43. The second-order valence-corrected chi connectivity index (χ2v) is 6.10. The summed E-state index contributed by atoms with van der Waals surface area (Å²) in [7, 11) is 1.97. The first-order valence-corrected chi connectivity index (χ1v) is 7.80. The fraction of sp³-hybridized carbons (Fsp3) is 0.500. The molecule has 2 rings (SSSR count). The Labute approximate surface area is 123 Å². The smallest absolute Gasteiger partial charge is 0.123 e. The average molecular weight is 326 g/mol. The monoisotopic (exact) mass is 325 g/mol. The van der Waals surface area contributed by atoms with Gasteiger partial charge < -0.3 is 5.32 Å². The van der Waals surface area contributed by atoms with Gasteiger partial charge in [0.1, 0.15) is 5.82 Å². The van der Waals surface area contributed by atoms with Gasteiger partial charge in [-0.25, -0.2) is 4.39 Å². The van der Waals surface area contributed by atoms with Crippen molar-refractivity contribution in [1.29, 1.82) is 0 Å². The number of hydrogen-bond acceptors (Lipinski definition) is 1. The van der Waals surface area contributed by atoms with E-state index in [2.05, 4.69) is 27.3 Å². The molecule has 0 aliphatic heterocycles. The van der Waals surface area contributed by atoms with Crippen LogP contribution in [0.2, 0.25) is 0 Å². The van der Waals surface area contributed by atoms with Crippen molar-refractivity contribution >= 4 is 22.0 Å². The van der Waals surface area contributed by atoms with Crippen molar-refractivity contribution in [3.05, 3.63) is 39.6 Å². The molecule has 1 aromatic rings. The first-order chi connectivity index (χ1) is 9.20. The predicted octanol–water partition coefficient (Wildman–Crippen LogP) is 4.77. The highest BCUT2D eigenvalue weighted by atomic mass is 79.9. The van der Waals surface area contributed by atoms with Gasteiger partial charge in [0.05, 0.1) is 0 Å². The van der Waals surface area contributed by atoms with Crippen molar-refractivity contribution in [3.63, 3.8) is 0 Å². The number of halogens is 2. The third-order valence-corrected chi connectivity index (χ3v) is 4.53. The van der Waals surface area contributed by atoms with Gasteiger partial charge >= 0.3 is 0 Å². The summed E-state index contributed by atoms with van der Waals surface area (Å²) < 4.78 is 14.3. The summed E-state index contributed by atoms with van der Waals surface area (Å²) in [6.45, 7) is 0.883. The molecule has 0 heterocycles. The maximum atomic E-state index is 13.4. The summed E-state index contributed by atoms with van der Waals surface area (Å²) >= 11 is 3.50. The van der Waals surface area contributed by atoms with E-state index in [-0.39, 0.29) is 5.82 Å². The van der Waals surface area contributed by atoms with E-state index in [1.807, 2.05) is 7.05 Å². The zero-order chi connectivity index (χ0) is 13.7. The highest BCUT2D eigenvalue weighted by Gasteiger charge is 2.17. The van der Waals surface area contributed by atoms with E-state index in [1.165, 1.54) is 43.7 Å². The SMILES string of the molecule is CNC/C(=C/c1cc(F)ccc1Br)C1CCCCC1. The molecule has 0 atom stereocenters. The molecule has 0 unspecified atom stereocenters. The van der Waals surface area contributed by atoms with Gasteiger partial charge in [-0.3, -0.25) is 0 Å². The molecule has 1 N–H and O–H groups in total. The molecule has 1 aromatic carbocycles. The molecule has 1 saturated carbocycles. The summed E-state index contributed by atoms with van der Waals surface area (Å²) in [5.41, 5.74) is 2.34. The number of hydrogen-bond donors (Lipinski definition) is 1. The van der Waals surface area contributed by atoms with Gasteiger partial charge in [-0.15, -0.1) is 0 Å². The second-order valence-electron chi connectivity index (χ2n) is 5.25. The number of nitrogens with one attached hydrogen (secondary N) is 1. The van der Waals surface area contributed by atoms with Crippen LogP contribution in [0, 0.1) is 11.7 Å². The van der Waals surface area contributed by atoms with Gasteiger partial charge in [-0.1, -0.05) is 46.8 Å². The molecule has 0 spiro atoms. The third-order valence-electron chi connectivity index (χ3n) is 3.81. The molecule has 0 radical (unpaired) electrons. The van der Waals surface area contributed by atoms with Crippen LogP contribution in [-0.4, -0.2) is 13.6 Å². The van der Waals surface area contributed by atoms with Gasteiger partial charge in [0.2, 0.25) is 0 Å². The van der Waals surface area contributed by atoms with E-state index in [4.69, 9.17) is 0 Å². The molecule has 0 amide bonds. The van der Waals surface area contributed by atoms with Crippen LogP contribution >= 0.6 is 15.9 Å². The first kappa shape index (κ1) is 14.7. The van der Waals surface area contributed by atoms with E-state index < -0.39 is 0 Å². The summed E-state index contributed by atoms with van der Waals surface area (Å²) in [6.07, 6.45) is 8.67. The Balaban J connectivity index is 2.25. The minimum absolute atomic E-state index is 0.179. The van der Waals surface area contributed by atoms with E-state index in [0.29, 0.717) is 5.92 Å². The molecule has 0 bridgehead atoms. The number of rotatable bonds is 4. The Kier molecular flexibility index (Phi) is 5.59. The van der Waals surface area contributed by atoms with Gasteiger partial charge in [0, 0.05) is 11.0 Å². The fourth-order valence-electron chi connectivity index (χ4n) is 2.82. The van der Waals surface area contributed by atoms with Crippen LogP contribution in [0.1, 0.15) is 37.7 Å². The zero-order valence-electron chi connectivity index (χ0n) is 11.4. The van der Waals surface area contributed by atoms with Crippen LogP contribution in [-0.2, 0) is 0 Å². The van der Waals surface area contributed by atoms with E-state index in [9.17, 15) is 4.39 Å². The lowest BCUT2D eigenvalue weighted by Crippen LogP contribution is -2.19. The Bertz CT molecular complexity index is 450. The molecule has 1 aliphatic carbocycles. The lowest BCUT2D eigenvalue weighted by Gasteiger charge is -2.24. The fourth-order valence-corrected chi connectivity index (χ4v) is 3.18.